The molecule has 3 heterocycles. The first kappa shape index (κ1) is 21.9. The van der Waals surface area contributed by atoms with E-state index in [2.05, 4.69) is 46.1 Å². The van der Waals surface area contributed by atoms with Gasteiger partial charge in [-0.15, -0.1) is 0 Å². The van der Waals surface area contributed by atoms with Crippen LogP contribution in [0.25, 0.3) is 11.4 Å². The lowest BCUT2D eigenvalue weighted by molar-refractivity contribution is -0.116. The van der Waals surface area contributed by atoms with Crippen molar-refractivity contribution < 1.29 is 9.53 Å². The summed E-state index contributed by atoms with van der Waals surface area (Å²) in [5, 5.41) is 16.1. The number of likely N-dealkylation sites (N-methyl/N-ethyl adjacent to an activating group) is 1. The van der Waals surface area contributed by atoms with Crippen molar-refractivity contribution in [1.29, 1.82) is 0 Å². The third-order valence-corrected chi connectivity index (χ3v) is 5.03. The molecule has 0 fully saturated rings. The van der Waals surface area contributed by atoms with Crippen LogP contribution in [0, 0.1) is 13.8 Å². The van der Waals surface area contributed by atoms with Gasteiger partial charge in [-0.25, -0.2) is 15.0 Å². The molecular formula is C22H25N9O2. The standard InChI is InChI=1S/C22H25N9O2/c1-12-8-19(28-13(2)27-12)30-18-9-17(15(10-24-18)22(32)23-3)29-16-7-5-6-14(20(16)33-4)21-25-11-26-31-21/h5-8,10-11,18,29H,9H2,1-4H3,(H,23,32)(H,25,26,31)(H,27,28,30). The number of ether oxygens (including phenoxy) is 1. The number of aryl methyl sites for hydroxylation is 2. The molecular weight excluding hydrogens is 422 g/mol. The summed E-state index contributed by atoms with van der Waals surface area (Å²) >= 11 is 0. The highest BCUT2D eigenvalue weighted by Crippen LogP contribution is 2.36. The monoisotopic (exact) mass is 447 g/mol. The van der Waals surface area contributed by atoms with Crippen molar-refractivity contribution in [1.82, 2.24) is 30.5 Å². The van der Waals surface area contributed by atoms with Gasteiger partial charge in [-0.1, -0.05) is 6.07 Å². The predicted molar refractivity (Wildman–Crippen MR) is 125 cm³/mol. The first-order valence-corrected chi connectivity index (χ1v) is 10.4. The average Bonchev–Trinajstić information content (AvgIpc) is 3.33. The molecule has 11 heteroatoms. The van der Waals surface area contributed by atoms with Crippen molar-refractivity contribution in [2.24, 2.45) is 4.99 Å². The Kier molecular flexibility index (Phi) is 6.29. The van der Waals surface area contributed by atoms with Crippen LogP contribution in [0.1, 0.15) is 17.9 Å². The second kappa shape index (κ2) is 9.47. The largest absolute Gasteiger partial charge is 0.494 e. The van der Waals surface area contributed by atoms with Crippen LogP contribution in [0.15, 0.2) is 46.9 Å². The quantitative estimate of drug-likeness (QED) is 0.432. The number of nitrogens with zero attached hydrogens (tertiary/aromatic N) is 5. The fourth-order valence-electron chi connectivity index (χ4n) is 3.64. The summed E-state index contributed by atoms with van der Waals surface area (Å²) in [5.41, 5.74) is 3.42. The number of aromatic nitrogens is 5. The SMILES string of the molecule is CNC(=O)C1=C(Nc2cccc(-c3ncn[nH]3)c2OC)CC(Nc2cc(C)nc(C)n2)N=C1. The van der Waals surface area contributed by atoms with E-state index in [1.165, 1.54) is 6.33 Å². The minimum Gasteiger partial charge on any atom is -0.494 e. The normalized spacial score (nSPS) is 15.3. The molecule has 33 heavy (non-hydrogen) atoms. The Balaban J connectivity index is 1.65. The van der Waals surface area contributed by atoms with Crippen LogP contribution < -0.4 is 20.7 Å². The van der Waals surface area contributed by atoms with Gasteiger partial charge in [0.1, 0.15) is 24.1 Å². The molecule has 4 rings (SSSR count). The molecule has 0 aliphatic carbocycles. The number of aliphatic imine (C=N–C) groups is 1. The molecule has 0 radical (unpaired) electrons. The van der Waals surface area contributed by atoms with E-state index < -0.39 is 0 Å². The van der Waals surface area contributed by atoms with Crippen LogP contribution in [0.4, 0.5) is 11.5 Å². The molecule has 1 aliphatic heterocycles. The summed E-state index contributed by atoms with van der Waals surface area (Å²) in [5.74, 6) is 2.27. The first-order chi connectivity index (χ1) is 16.0. The maximum Gasteiger partial charge on any atom is 0.254 e. The number of anilines is 2. The van der Waals surface area contributed by atoms with Crippen molar-refractivity contribution in [2.75, 3.05) is 24.8 Å². The number of hydrogen-bond donors (Lipinski definition) is 4. The van der Waals surface area contributed by atoms with Crippen molar-refractivity contribution in [3.05, 3.63) is 53.4 Å². The number of para-hydroxylation sites is 1. The number of dihydropyridines is 1. The van der Waals surface area contributed by atoms with E-state index in [4.69, 9.17) is 4.74 Å². The molecule has 1 atom stereocenters. The van der Waals surface area contributed by atoms with E-state index in [0.29, 0.717) is 46.6 Å². The zero-order chi connectivity index (χ0) is 23.4. The minimum atomic E-state index is -0.321. The van der Waals surface area contributed by atoms with E-state index in [0.717, 1.165) is 11.3 Å². The number of nitrogens with one attached hydrogen (secondary N) is 4. The summed E-state index contributed by atoms with van der Waals surface area (Å²) < 4.78 is 5.67. The van der Waals surface area contributed by atoms with Gasteiger partial charge in [0.2, 0.25) is 0 Å². The lowest BCUT2D eigenvalue weighted by Gasteiger charge is -2.25. The number of aromatic amines is 1. The number of H-pyrrole nitrogens is 1. The van der Waals surface area contributed by atoms with Crippen molar-refractivity contribution in [2.45, 2.75) is 26.4 Å². The number of benzene rings is 1. The van der Waals surface area contributed by atoms with Crippen molar-refractivity contribution in [3.63, 3.8) is 0 Å². The molecule has 2 aromatic heterocycles. The number of carbonyl (C=O) groups excluding carboxylic acids is 1. The molecule has 0 saturated heterocycles. The number of hydrogen-bond acceptors (Lipinski definition) is 9. The Morgan fingerprint density at radius 3 is 2.79 bits per heavy atom. The van der Waals surface area contributed by atoms with Crippen LogP contribution in [0.2, 0.25) is 0 Å². The lowest BCUT2D eigenvalue weighted by Crippen LogP contribution is -2.31. The highest BCUT2D eigenvalue weighted by Gasteiger charge is 2.24. The summed E-state index contributed by atoms with van der Waals surface area (Å²) in [6.07, 6.45) is 3.11. The van der Waals surface area contributed by atoms with E-state index in [1.807, 2.05) is 38.1 Å². The molecule has 1 amide bonds. The van der Waals surface area contributed by atoms with E-state index in [1.54, 1.807) is 20.4 Å². The second-order valence-electron chi connectivity index (χ2n) is 7.40. The Labute approximate surface area is 190 Å². The molecule has 3 aromatic rings. The maximum absolute atomic E-state index is 12.5. The van der Waals surface area contributed by atoms with Gasteiger partial charge in [-0.3, -0.25) is 14.9 Å². The Hall–Kier alpha value is -4.28. The van der Waals surface area contributed by atoms with E-state index in [-0.39, 0.29) is 12.1 Å². The van der Waals surface area contributed by atoms with Gasteiger partial charge in [0, 0.05) is 37.1 Å². The smallest absolute Gasteiger partial charge is 0.254 e. The zero-order valence-electron chi connectivity index (χ0n) is 18.8. The van der Waals surface area contributed by atoms with Crippen LogP contribution in [-0.4, -0.2) is 57.6 Å². The summed E-state index contributed by atoms with van der Waals surface area (Å²) in [6.45, 7) is 3.75. The Bertz CT molecular complexity index is 1200. The van der Waals surface area contributed by atoms with Gasteiger partial charge in [0.15, 0.2) is 11.6 Å². The van der Waals surface area contributed by atoms with Crippen LogP contribution >= 0.6 is 0 Å². The highest BCUT2D eigenvalue weighted by atomic mass is 16.5. The molecule has 0 spiro atoms. The number of amides is 1. The molecule has 1 unspecified atom stereocenters. The fraction of sp³-hybridized carbons (Fsp3) is 0.273. The van der Waals surface area contributed by atoms with Gasteiger partial charge >= 0.3 is 0 Å². The Morgan fingerprint density at radius 1 is 1.24 bits per heavy atom. The summed E-state index contributed by atoms with van der Waals surface area (Å²) in [4.78, 5) is 30.0. The molecule has 0 bridgehead atoms. The number of methoxy groups -OCH3 is 1. The highest BCUT2D eigenvalue weighted by molar-refractivity contribution is 6.13. The van der Waals surface area contributed by atoms with Gasteiger partial charge in [-0.2, -0.15) is 5.10 Å². The third kappa shape index (κ3) is 4.81. The van der Waals surface area contributed by atoms with Gasteiger partial charge in [-0.05, 0) is 26.0 Å². The van der Waals surface area contributed by atoms with Gasteiger partial charge in [0.25, 0.3) is 5.91 Å². The summed E-state index contributed by atoms with van der Waals surface area (Å²) in [7, 11) is 3.17. The molecule has 170 valence electrons. The van der Waals surface area contributed by atoms with Gasteiger partial charge in [0.05, 0.1) is 23.9 Å². The summed E-state index contributed by atoms with van der Waals surface area (Å²) in [6, 6.07) is 7.49. The molecule has 4 N–H and O–H groups in total. The third-order valence-electron chi connectivity index (χ3n) is 5.03. The molecule has 11 nitrogen and oxygen atoms in total. The second-order valence-corrected chi connectivity index (χ2v) is 7.40. The molecule has 1 aliphatic rings. The predicted octanol–water partition coefficient (Wildman–Crippen LogP) is 2.21. The number of carbonyl (C=O) groups is 1. The van der Waals surface area contributed by atoms with E-state index >= 15 is 0 Å². The van der Waals surface area contributed by atoms with Crippen molar-refractivity contribution in [3.8, 4) is 17.1 Å². The van der Waals surface area contributed by atoms with Crippen molar-refractivity contribution >= 4 is 23.6 Å². The van der Waals surface area contributed by atoms with Crippen LogP contribution in [-0.2, 0) is 4.79 Å². The molecule has 0 saturated carbocycles. The van der Waals surface area contributed by atoms with E-state index in [9.17, 15) is 4.79 Å². The lowest BCUT2D eigenvalue weighted by atomic mass is 10.1. The zero-order valence-corrected chi connectivity index (χ0v) is 18.8. The van der Waals surface area contributed by atoms with Crippen LogP contribution in [0.5, 0.6) is 5.75 Å². The fourth-order valence-corrected chi connectivity index (χ4v) is 3.64. The first-order valence-electron chi connectivity index (χ1n) is 10.4. The maximum atomic E-state index is 12.5. The minimum absolute atomic E-state index is 0.237. The Morgan fingerprint density at radius 2 is 2.09 bits per heavy atom. The average molecular weight is 448 g/mol. The van der Waals surface area contributed by atoms with Gasteiger partial charge < -0.3 is 20.7 Å². The molecule has 1 aromatic carbocycles. The number of rotatable bonds is 7. The topological polar surface area (TPSA) is 142 Å². The van der Waals surface area contributed by atoms with Crippen LogP contribution in [0.3, 0.4) is 0 Å².